The van der Waals surface area contributed by atoms with E-state index in [0.29, 0.717) is 23.5 Å². The van der Waals surface area contributed by atoms with Gasteiger partial charge >= 0.3 is 0 Å². The highest BCUT2D eigenvalue weighted by Crippen LogP contribution is 2.19. The molecular weight excluding hydrogens is 230 g/mol. The van der Waals surface area contributed by atoms with Crippen LogP contribution < -0.4 is 11.5 Å². The lowest BCUT2D eigenvalue weighted by molar-refractivity contribution is 0.0269. The summed E-state index contributed by atoms with van der Waals surface area (Å²) >= 11 is 0. The van der Waals surface area contributed by atoms with Gasteiger partial charge in [-0.15, -0.1) is 0 Å². The van der Waals surface area contributed by atoms with Gasteiger partial charge in [-0.2, -0.15) is 0 Å². The van der Waals surface area contributed by atoms with Gasteiger partial charge in [0, 0.05) is 37.1 Å². The molecule has 18 heavy (non-hydrogen) atoms. The smallest absolute Gasteiger partial charge is 0.254 e. The second-order valence-electron chi connectivity index (χ2n) is 4.64. The molecule has 1 fully saturated rings. The van der Waals surface area contributed by atoms with Gasteiger partial charge in [0.1, 0.15) is 0 Å². The van der Waals surface area contributed by atoms with Crippen molar-refractivity contribution < 1.29 is 9.53 Å². The third-order valence-electron chi connectivity index (χ3n) is 3.22. The number of ether oxygens (including phenoxy) is 1. The minimum Gasteiger partial charge on any atom is -0.399 e. The van der Waals surface area contributed by atoms with Gasteiger partial charge in [0.05, 0.1) is 6.10 Å². The van der Waals surface area contributed by atoms with Crippen LogP contribution in [0.5, 0.6) is 0 Å². The molecule has 1 heterocycles. The Hall–Kier alpha value is -1.75. The number of nitrogen functional groups attached to an aromatic ring is 2. The molecule has 0 saturated carbocycles. The number of benzene rings is 1. The van der Waals surface area contributed by atoms with Gasteiger partial charge in [-0.05, 0) is 31.0 Å². The van der Waals surface area contributed by atoms with Gasteiger partial charge in [-0.3, -0.25) is 4.79 Å². The summed E-state index contributed by atoms with van der Waals surface area (Å²) in [4.78, 5) is 14.1. The van der Waals surface area contributed by atoms with E-state index >= 15 is 0 Å². The van der Waals surface area contributed by atoms with Crippen LogP contribution in [0.3, 0.4) is 0 Å². The minimum absolute atomic E-state index is 0.0317. The first-order valence-electron chi connectivity index (χ1n) is 6.08. The standard InChI is InChI=1S/C13H19N3O2/c1-18-12-3-2-4-16(8-12)13(17)9-5-10(14)7-11(15)6-9/h5-7,12H,2-4,8,14-15H2,1H3. The molecule has 0 aliphatic carbocycles. The number of carbonyl (C=O) groups is 1. The lowest BCUT2D eigenvalue weighted by atomic mass is 10.1. The number of methoxy groups -OCH3 is 1. The molecule has 0 aromatic heterocycles. The highest BCUT2D eigenvalue weighted by atomic mass is 16.5. The van der Waals surface area contributed by atoms with Gasteiger partial charge in [0.2, 0.25) is 0 Å². The Labute approximate surface area is 107 Å². The van der Waals surface area contributed by atoms with E-state index in [1.165, 1.54) is 0 Å². The molecule has 5 heteroatoms. The first-order valence-corrected chi connectivity index (χ1v) is 6.08. The van der Waals surface area contributed by atoms with Crippen LogP contribution >= 0.6 is 0 Å². The zero-order valence-corrected chi connectivity index (χ0v) is 10.6. The molecule has 98 valence electrons. The molecule has 1 atom stereocenters. The summed E-state index contributed by atoms with van der Waals surface area (Å²) in [6.07, 6.45) is 2.09. The quantitative estimate of drug-likeness (QED) is 0.769. The number of amides is 1. The molecule has 0 bridgehead atoms. The third-order valence-corrected chi connectivity index (χ3v) is 3.22. The van der Waals surface area contributed by atoms with Crippen molar-refractivity contribution in [3.63, 3.8) is 0 Å². The summed E-state index contributed by atoms with van der Waals surface area (Å²) in [5.41, 5.74) is 13.0. The minimum atomic E-state index is -0.0317. The number of carbonyl (C=O) groups excluding carboxylic acids is 1. The first kappa shape index (κ1) is 12.7. The maximum atomic E-state index is 12.3. The van der Waals surface area contributed by atoms with E-state index in [9.17, 15) is 4.79 Å². The normalized spacial score (nSPS) is 19.8. The Balaban J connectivity index is 2.15. The number of hydrogen-bond acceptors (Lipinski definition) is 4. The average Bonchev–Trinajstić information content (AvgIpc) is 2.37. The molecule has 1 amide bonds. The van der Waals surface area contributed by atoms with E-state index in [4.69, 9.17) is 16.2 Å². The number of nitrogens with zero attached hydrogens (tertiary/aromatic N) is 1. The number of nitrogens with two attached hydrogens (primary N) is 2. The highest BCUT2D eigenvalue weighted by Gasteiger charge is 2.24. The van der Waals surface area contributed by atoms with Crippen molar-refractivity contribution in [3.05, 3.63) is 23.8 Å². The molecule has 1 unspecified atom stereocenters. The maximum Gasteiger partial charge on any atom is 0.254 e. The highest BCUT2D eigenvalue weighted by molar-refractivity contribution is 5.96. The van der Waals surface area contributed by atoms with Crippen LogP contribution in [0.1, 0.15) is 23.2 Å². The molecule has 1 saturated heterocycles. The topological polar surface area (TPSA) is 81.6 Å². The first-order chi connectivity index (χ1) is 8.60. The van der Waals surface area contributed by atoms with Crippen LogP contribution in [0.15, 0.2) is 18.2 Å². The summed E-state index contributed by atoms with van der Waals surface area (Å²) in [5, 5.41) is 0. The van der Waals surface area contributed by atoms with Crippen molar-refractivity contribution in [1.82, 2.24) is 4.90 Å². The molecule has 1 aromatic carbocycles. The average molecular weight is 249 g/mol. The number of rotatable bonds is 2. The van der Waals surface area contributed by atoms with Crippen molar-refractivity contribution in [2.24, 2.45) is 0 Å². The largest absolute Gasteiger partial charge is 0.399 e. The Kier molecular flexibility index (Phi) is 3.72. The molecule has 5 nitrogen and oxygen atoms in total. The van der Waals surface area contributed by atoms with Crippen molar-refractivity contribution in [2.75, 3.05) is 31.7 Å². The second-order valence-corrected chi connectivity index (χ2v) is 4.64. The monoisotopic (exact) mass is 249 g/mol. The van der Waals surface area contributed by atoms with Crippen LogP contribution in [-0.4, -0.2) is 37.1 Å². The molecule has 1 aliphatic rings. The van der Waals surface area contributed by atoms with Crippen molar-refractivity contribution in [2.45, 2.75) is 18.9 Å². The van der Waals surface area contributed by atoms with Gasteiger partial charge in [-0.1, -0.05) is 0 Å². The van der Waals surface area contributed by atoms with E-state index in [1.54, 1.807) is 30.2 Å². The van der Waals surface area contributed by atoms with E-state index < -0.39 is 0 Å². The fourth-order valence-corrected chi connectivity index (χ4v) is 2.30. The third kappa shape index (κ3) is 2.73. The Morgan fingerprint density at radius 1 is 1.33 bits per heavy atom. The molecule has 4 N–H and O–H groups in total. The Bertz CT molecular complexity index is 428. The van der Waals surface area contributed by atoms with Crippen LogP contribution in [0, 0.1) is 0 Å². The number of piperidine rings is 1. The van der Waals surface area contributed by atoms with Gasteiger partial charge in [0.25, 0.3) is 5.91 Å². The Morgan fingerprint density at radius 3 is 2.61 bits per heavy atom. The number of likely N-dealkylation sites (tertiary alicyclic amines) is 1. The molecule has 1 aromatic rings. The fourth-order valence-electron chi connectivity index (χ4n) is 2.30. The van der Waals surface area contributed by atoms with Crippen LogP contribution in [-0.2, 0) is 4.74 Å². The summed E-state index contributed by atoms with van der Waals surface area (Å²) in [5.74, 6) is -0.0317. The van der Waals surface area contributed by atoms with Gasteiger partial charge in [0.15, 0.2) is 0 Å². The van der Waals surface area contributed by atoms with E-state index in [1.807, 2.05) is 0 Å². The van der Waals surface area contributed by atoms with Crippen molar-refractivity contribution in [3.8, 4) is 0 Å². The lowest BCUT2D eigenvalue weighted by Gasteiger charge is -2.32. The lowest BCUT2D eigenvalue weighted by Crippen LogP contribution is -2.42. The summed E-state index contributed by atoms with van der Waals surface area (Å²) in [7, 11) is 1.68. The molecule has 2 rings (SSSR count). The fraction of sp³-hybridized carbons (Fsp3) is 0.462. The zero-order chi connectivity index (χ0) is 13.1. The van der Waals surface area contributed by atoms with Crippen molar-refractivity contribution >= 4 is 17.3 Å². The van der Waals surface area contributed by atoms with Crippen LogP contribution in [0.4, 0.5) is 11.4 Å². The SMILES string of the molecule is COC1CCCN(C(=O)c2cc(N)cc(N)c2)C1. The van der Waals surface area contributed by atoms with Crippen LogP contribution in [0.25, 0.3) is 0 Å². The van der Waals surface area contributed by atoms with E-state index in [0.717, 1.165) is 19.4 Å². The molecular formula is C13H19N3O2. The van der Waals surface area contributed by atoms with Gasteiger partial charge in [-0.25, -0.2) is 0 Å². The molecule has 0 spiro atoms. The summed E-state index contributed by atoms with van der Waals surface area (Å²) in [6, 6.07) is 4.97. The molecule has 1 aliphatic heterocycles. The number of hydrogen-bond donors (Lipinski definition) is 2. The summed E-state index contributed by atoms with van der Waals surface area (Å²) in [6.45, 7) is 1.39. The Morgan fingerprint density at radius 2 is 2.00 bits per heavy atom. The predicted octanol–water partition coefficient (Wildman–Crippen LogP) is 1.10. The van der Waals surface area contributed by atoms with Gasteiger partial charge < -0.3 is 21.1 Å². The summed E-state index contributed by atoms with van der Waals surface area (Å²) < 4.78 is 5.31. The van der Waals surface area contributed by atoms with Crippen molar-refractivity contribution in [1.29, 1.82) is 0 Å². The second kappa shape index (κ2) is 5.27. The van der Waals surface area contributed by atoms with Crippen LogP contribution in [0.2, 0.25) is 0 Å². The number of anilines is 2. The molecule has 0 radical (unpaired) electrons. The zero-order valence-electron chi connectivity index (χ0n) is 10.6. The maximum absolute atomic E-state index is 12.3. The van der Waals surface area contributed by atoms with E-state index in [-0.39, 0.29) is 12.0 Å². The van der Waals surface area contributed by atoms with E-state index in [2.05, 4.69) is 0 Å². The predicted molar refractivity (Wildman–Crippen MR) is 71.2 cm³/mol.